The highest BCUT2D eigenvalue weighted by Gasteiger charge is 2.12. The summed E-state index contributed by atoms with van der Waals surface area (Å²) in [5, 5.41) is 4.37. The molecule has 0 radical (unpaired) electrons. The summed E-state index contributed by atoms with van der Waals surface area (Å²) < 4.78 is 13.5. The van der Waals surface area contributed by atoms with Gasteiger partial charge in [0.15, 0.2) is 0 Å². The number of hydrogen-bond donors (Lipinski definition) is 1. The van der Waals surface area contributed by atoms with E-state index in [-0.39, 0.29) is 22.9 Å². The first-order valence-electron chi connectivity index (χ1n) is 6.91. The molecule has 0 spiro atoms. The Labute approximate surface area is 135 Å². The lowest BCUT2D eigenvalue weighted by Gasteiger charge is -2.21. The average molecular weight is 326 g/mol. The Bertz CT molecular complexity index is 615. The van der Waals surface area contributed by atoms with Crippen molar-refractivity contribution in [3.05, 3.63) is 69.5 Å². The van der Waals surface area contributed by atoms with Crippen molar-refractivity contribution in [2.45, 2.75) is 32.4 Å². The van der Waals surface area contributed by atoms with E-state index in [1.54, 1.807) is 6.07 Å². The molecule has 2 atom stereocenters. The maximum atomic E-state index is 13.5. The molecule has 21 heavy (non-hydrogen) atoms. The number of rotatable bonds is 5. The minimum Gasteiger partial charge on any atom is -0.307 e. The van der Waals surface area contributed by atoms with Crippen LogP contribution in [-0.2, 0) is 6.42 Å². The zero-order chi connectivity index (χ0) is 15.4. The predicted molar refractivity (Wildman–Crippen MR) is 87.6 cm³/mol. The molecule has 0 aliphatic heterocycles. The van der Waals surface area contributed by atoms with E-state index in [9.17, 15) is 4.39 Å². The maximum Gasteiger partial charge on any atom is 0.142 e. The third-order valence-corrected chi connectivity index (χ3v) is 4.14. The van der Waals surface area contributed by atoms with Gasteiger partial charge in [0.05, 0.1) is 5.02 Å². The molecular weight excluding hydrogens is 308 g/mol. The molecular formula is C17H18Cl2FN. The molecule has 0 aromatic heterocycles. The van der Waals surface area contributed by atoms with Crippen LogP contribution in [-0.4, -0.2) is 6.04 Å². The Kier molecular flexibility index (Phi) is 5.63. The second kappa shape index (κ2) is 7.26. The van der Waals surface area contributed by atoms with E-state index in [0.29, 0.717) is 0 Å². The van der Waals surface area contributed by atoms with Crippen molar-refractivity contribution in [3.63, 3.8) is 0 Å². The molecule has 0 heterocycles. The van der Waals surface area contributed by atoms with E-state index < -0.39 is 0 Å². The van der Waals surface area contributed by atoms with Crippen molar-refractivity contribution in [1.29, 1.82) is 0 Å². The third-order valence-electron chi connectivity index (χ3n) is 3.46. The minimum absolute atomic E-state index is 0.0363. The number of benzene rings is 2. The fourth-order valence-corrected chi connectivity index (χ4v) is 2.69. The molecule has 0 saturated heterocycles. The predicted octanol–water partition coefficient (Wildman–Crippen LogP) is 5.41. The van der Waals surface area contributed by atoms with Gasteiger partial charge in [0.25, 0.3) is 0 Å². The second-order valence-electron chi connectivity index (χ2n) is 5.26. The van der Waals surface area contributed by atoms with Gasteiger partial charge in [-0.2, -0.15) is 0 Å². The normalized spacial score (nSPS) is 14.0. The lowest BCUT2D eigenvalue weighted by Crippen LogP contribution is -2.30. The first kappa shape index (κ1) is 16.3. The minimum atomic E-state index is -0.387. The van der Waals surface area contributed by atoms with E-state index in [4.69, 9.17) is 23.2 Å². The molecule has 0 aliphatic carbocycles. The Morgan fingerprint density at radius 2 is 1.76 bits per heavy atom. The van der Waals surface area contributed by atoms with Crippen molar-refractivity contribution < 1.29 is 4.39 Å². The molecule has 0 fully saturated rings. The van der Waals surface area contributed by atoms with Crippen LogP contribution in [0.2, 0.25) is 10.0 Å². The van der Waals surface area contributed by atoms with Gasteiger partial charge in [-0.05, 0) is 49.6 Å². The summed E-state index contributed by atoms with van der Waals surface area (Å²) in [6.07, 6.45) is 0.820. The Balaban J connectivity index is 2.00. The Morgan fingerprint density at radius 3 is 2.43 bits per heavy atom. The zero-order valence-electron chi connectivity index (χ0n) is 12.0. The highest BCUT2D eigenvalue weighted by atomic mass is 35.5. The molecule has 4 heteroatoms. The summed E-state index contributed by atoms with van der Waals surface area (Å²) in [5.41, 5.74) is 1.98. The van der Waals surface area contributed by atoms with Crippen LogP contribution in [0.4, 0.5) is 4.39 Å². The van der Waals surface area contributed by atoms with Crippen LogP contribution >= 0.6 is 23.2 Å². The van der Waals surface area contributed by atoms with Crippen LogP contribution in [0.25, 0.3) is 0 Å². The smallest absolute Gasteiger partial charge is 0.142 e. The SMILES string of the molecule is CC(Cc1ccccc1Cl)NC(C)c1ccc(Cl)c(F)c1. The highest BCUT2D eigenvalue weighted by molar-refractivity contribution is 6.31. The van der Waals surface area contributed by atoms with E-state index in [0.717, 1.165) is 22.6 Å². The van der Waals surface area contributed by atoms with Gasteiger partial charge in [0, 0.05) is 17.1 Å². The molecule has 1 nitrogen and oxygen atoms in total. The summed E-state index contributed by atoms with van der Waals surface area (Å²) in [6.45, 7) is 4.10. The van der Waals surface area contributed by atoms with Crippen LogP contribution in [0, 0.1) is 5.82 Å². The number of halogens is 3. The van der Waals surface area contributed by atoms with Crippen LogP contribution in [0.5, 0.6) is 0 Å². The van der Waals surface area contributed by atoms with Gasteiger partial charge >= 0.3 is 0 Å². The van der Waals surface area contributed by atoms with Gasteiger partial charge in [0.1, 0.15) is 5.82 Å². The van der Waals surface area contributed by atoms with Crippen molar-refractivity contribution in [2.75, 3.05) is 0 Å². The quantitative estimate of drug-likeness (QED) is 0.774. The topological polar surface area (TPSA) is 12.0 Å². The molecule has 112 valence electrons. The zero-order valence-corrected chi connectivity index (χ0v) is 13.5. The summed E-state index contributed by atoms with van der Waals surface area (Å²) >= 11 is 11.9. The molecule has 0 bridgehead atoms. The first-order chi connectivity index (χ1) is 9.97. The molecule has 2 aromatic carbocycles. The fraction of sp³-hybridized carbons (Fsp3) is 0.294. The first-order valence-corrected chi connectivity index (χ1v) is 7.67. The summed E-state index contributed by atoms with van der Waals surface area (Å²) in [4.78, 5) is 0. The Morgan fingerprint density at radius 1 is 1.05 bits per heavy atom. The average Bonchev–Trinajstić information content (AvgIpc) is 2.44. The van der Waals surface area contributed by atoms with Gasteiger partial charge in [-0.25, -0.2) is 4.39 Å². The molecule has 0 amide bonds. The van der Waals surface area contributed by atoms with Gasteiger partial charge in [-0.15, -0.1) is 0 Å². The summed E-state index contributed by atoms with van der Waals surface area (Å²) in [6, 6.07) is 13.0. The lowest BCUT2D eigenvalue weighted by atomic mass is 10.0. The van der Waals surface area contributed by atoms with Gasteiger partial charge in [-0.3, -0.25) is 0 Å². The maximum absolute atomic E-state index is 13.5. The van der Waals surface area contributed by atoms with Crippen molar-refractivity contribution >= 4 is 23.2 Å². The van der Waals surface area contributed by atoms with E-state index in [1.165, 1.54) is 6.07 Å². The van der Waals surface area contributed by atoms with Gasteiger partial charge in [0.2, 0.25) is 0 Å². The molecule has 2 unspecified atom stereocenters. The highest BCUT2D eigenvalue weighted by Crippen LogP contribution is 2.21. The van der Waals surface area contributed by atoms with E-state index in [1.807, 2.05) is 37.3 Å². The van der Waals surface area contributed by atoms with Gasteiger partial charge < -0.3 is 5.32 Å². The monoisotopic (exact) mass is 325 g/mol. The summed E-state index contributed by atoms with van der Waals surface area (Å²) in [7, 11) is 0. The Hall–Kier alpha value is -1.09. The standard InChI is InChI=1S/C17H18Cl2FN/c1-11(9-14-5-3-4-6-15(14)18)21-12(2)13-7-8-16(19)17(20)10-13/h3-8,10-12,21H,9H2,1-2H3. The van der Waals surface area contributed by atoms with Gasteiger partial charge in [-0.1, -0.05) is 47.5 Å². The third kappa shape index (κ3) is 4.44. The molecule has 1 N–H and O–H groups in total. The number of nitrogens with one attached hydrogen (secondary N) is 1. The van der Waals surface area contributed by atoms with Crippen LogP contribution in [0.3, 0.4) is 0 Å². The largest absolute Gasteiger partial charge is 0.307 e. The van der Waals surface area contributed by atoms with Crippen LogP contribution in [0.1, 0.15) is 31.0 Å². The number of hydrogen-bond acceptors (Lipinski definition) is 1. The van der Waals surface area contributed by atoms with E-state index >= 15 is 0 Å². The fourth-order valence-electron chi connectivity index (χ4n) is 2.36. The molecule has 2 rings (SSSR count). The molecule has 0 saturated carbocycles. The lowest BCUT2D eigenvalue weighted by molar-refractivity contribution is 0.475. The van der Waals surface area contributed by atoms with Crippen LogP contribution < -0.4 is 5.32 Å². The molecule has 0 aliphatic rings. The summed E-state index contributed by atoms with van der Waals surface area (Å²) in [5.74, 6) is -0.387. The van der Waals surface area contributed by atoms with Crippen molar-refractivity contribution in [2.24, 2.45) is 0 Å². The van der Waals surface area contributed by atoms with E-state index in [2.05, 4.69) is 12.2 Å². The molecule has 2 aromatic rings. The second-order valence-corrected chi connectivity index (χ2v) is 6.07. The van der Waals surface area contributed by atoms with Crippen molar-refractivity contribution in [3.8, 4) is 0 Å². The van der Waals surface area contributed by atoms with Crippen molar-refractivity contribution in [1.82, 2.24) is 5.32 Å². The van der Waals surface area contributed by atoms with Crippen LogP contribution in [0.15, 0.2) is 42.5 Å².